The Hall–Kier alpha value is -2.46. The van der Waals surface area contributed by atoms with Gasteiger partial charge in [0.2, 0.25) is 0 Å². The molecule has 4 rings (SSSR count). The molecule has 9 heteroatoms. The Balaban J connectivity index is 0.000000350. The third kappa shape index (κ3) is 7.27. The second kappa shape index (κ2) is 12.3. The van der Waals surface area contributed by atoms with Gasteiger partial charge >= 0.3 is 11.9 Å². The first-order valence-electron chi connectivity index (χ1n) is 11.3. The maximum atomic E-state index is 13.8. The fraction of sp³-hybridized carbons (Fsp3) is 0.440. The van der Waals surface area contributed by atoms with Crippen molar-refractivity contribution in [2.24, 2.45) is 0 Å². The number of nitrogens with zero attached hydrogens (tertiary/aromatic N) is 2. The molecule has 2 aromatic rings. The minimum atomic E-state index is -1.08. The number of benzene rings is 2. The summed E-state index contributed by atoms with van der Waals surface area (Å²) < 4.78 is 13.8. The van der Waals surface area contributed by atoms with Crippen molar-refractivity contribution in [1.82, 2.24) is 9.80 Å². The van der Waals surface area contributed by atoms with Gasteiger partial charge in [-0.05, 0) is 42.7 Å². The zero-order valence-electron chi connectivity index (χ0n) is 19.2. The van der Waals surface area contributed by atoms with Crippen molar-refractivity contribution in [2.45, 2.75) is 42.0 Å². The summed E-state index contributed by atoms with van der Waals surface area (Å²) in [5.74, 6) is -2.32. The number of fused-ring (bicyclic) bond motifs is 2. The maximum Gasteiger partial charge on any atom is 0.303 e. The highest BCUT2D eigenvalue weighted by molar-refractivity contribution is 7.99. The second-order valence-corrected chi connectivity index (χ2v) is 9.59. The number of halogens is 1. The first kappa shape index (κ1) is 26.2. The number of β-amino-alcohol motifs (C(OH)–C–C–N with tert-alkyl or cyclic N) is 1. The molecular formula is C25H31FN2O5S. The Morgan fingerprint density at radius 2 is 1.68 bits per heavy atom. The van der Waals surface area contributed by atoms with Crippen molar-refractivity contribution < 1.29 is 29.3 Å². The Morgan fingerprint density at radius 1 is 1.00 bits per heavy atom. The van der Waals surface area contributed by atoms with E-state index in [-0.39, 0.29) is 25.3 Å². The highest BCUT2D eigenvalue weighted by atomic mass is 32.2. The van der Waals surface area contributed by atoms with Gasteiger partial charge in [-0.2, -0.15) is 0 Å². The van der Waals surface area contributed by atoms with Crippen molar-refractivity contribution in [2.75, 3.05) is 39.3 Å². The van der Waals surface area contributed by atoms with E-state index in [2.05, 4.69) is 34.9 Å². The van der Waals surface area contributed by atoms with Crippen LogP contribution in [0.5, 0.6) is 0 Å². The average Bonchev–Trinajstić information content (AvgIpc) is 2.95. The maximum absolute atomic E-state index is 13.8. The van der Waals surface area contributed by atoms with E-state index in [0.717, 1.165) is 44.0 Å². The second-order valence-electron chi connectivity index (χ2n) is 8.50. The molecule has 1 atom stereocenters. The first-order valence-corrected chi connectivity index (χ1v) is 12.2. The van der Waals surface area contributed by atoms with Crippen LogP contribution in [0.2, 0.25) is 0 Å². The Morgan fingerprint density at radius 3 is 2.29 bits per heavy atom. The van der Waals surface area contributed by atoms with E-state index in [0.29, 0.717) is 6.04 Å². The van der Waals surface area contributed by atoms with Crippen LogP contribution in [0.1, 0.15) is 35.6 Å². The largest absolute Gasteiger partial charge is 0.481 e. The number of aliphatic carboxylic acids is 2. The van der Waals surface area contributed by atoms with Crippen LogP contribution in [0.25, 0.3) is 0 Å². The van der Waals surface area contributed by atoms with Crippen molar-refractivity contribution in [3.63, 3.8) is 0 Å². The van der Waals surface area contributed by atoms with E-state index < -0.39 is 11.9 Å². The summed E-state index contributed by atoms with van der Waals surface area (Å²) >= 11 is 1.69. The molecular weight excluding hydrogens is 459 g/mol. The number of hydrogen-bond donors (Lipinski definition) is 3. The molecule has 1 unspecified atom stereocenters. The number of aliphatic hydroxyl groups is 1. The number of rotatable bonds is 6. The topological polar surface area (TPSA) is 101 Å². The predicted octanol–water partition coefficient (Wildman–Crippen LogP) is 3.43. The standard InChI is InChI=1S/C21H25FN2OS.C4H6O4/c1-15-2-5-20-18(12-15)19(24-8-6-23(7-9-24)10-11-25)13-16-3-4-17(22)14-21(16)26-20;5-3(6)1-2-4(7)8/h2-5,12,14,19,25H,6-11,13H2,1H3;1-2H2,(H,5,6)(H,7,8). The van der Waals surface area contributed by atoms with Crippen LogP contribution >= 0.6 is 11.8 Å². The molecule has 0 aromatic heterocycles. The number of carboxylic acids is 2. The third-order valence-corrected chi connectivity index (χ3v) is 7.19. The molecule has 1 saturated heterocycles. The van der Waals surface area contributed by atoms with Gasteiger partial charge in [-0.25, -0.2) is 4.39 Å². The van der Waals surface area contributed by atoms with E-state index in [9.17, 15) is 19.1 Å². The summed E-state index contributed by atoms with van der Waals surface area (Å²) in [6.45, 7) is 7.09. The number of hydrogen-bond acceptors (Lipinski definition) is 6. The minimum Gasteiger partial charge on any atom is -0.481 e. The lowest BCUT2D eigenvalue weighted by Gasteiger charge is -2.39. The molecule has 2 aromatic carbocycles. The Bertz CT molecular complexity index is 997. The summed E-state index contributed by atoms with van der Waals surface area (Å²) in [6.07, 6.45) is 0.323. The van der Waals surface area contributed by atoms with Crippen LogP contribution in [0.3, 0.4) is 0 Å². The van der Waals surface area contributed by atoms with Gasteiger partial charge in [-0.15, -0.1) is 0 Å². The van der Waals surface area contributed by atoms with Crippen molar-refractivity contribution in [1.29, 1.82) is 0 Å². The summed E-state index contributed by atoms with van der Waals surface area (Å²) in [5.41, 5.74) is 3.86. The van der Waals surface area contributed by atoms with Gasteiger partial charge in [-0.3, -0.25) is 19.4 Å². The van der Waals surface area contributed by atoms with Gasteiger partial charge in [0.25, 0.3) is 0 Å². The van der Waals surface area contributed by atoms with Crippen LogP contribution in [0, 0.1) is 12.7 Å². The van der Waals surface area contributed by atoms with E-state index >= 15 is 0 Å². The van der Waals surface area contributed by atoms with E-state index in [4.69, 9.17) is 10.2 Å². The van der Waals surface area contributed by atoms with Gasteiger partial charge in [0, 0.05) is 48.6 Å². The van der Waals surface area contributed by atoms with Crippen LogP contribution in [0.4, 0.5) is 4.39 Å². The summed E-state index contributed by atoms with van der Waals surface area (Å²) in [4.78, 5) is 26.4. The summed E-state index contributed by atoms with van der Waals surface area (Å²) in [6, 6.07) is 12.2. The monoisotopic (exact) mass is 490 g/mol. The van der Waals surface area contributed by atoms with Crippen LogP contribution < -0.4 is 0 Å². The Kier molecular flexibility index (Phi) is 9.46. The van der Waals surface area contributed by atoms with Crippen LogP contribution in [-0.4, -0.2) is 76.4 Å². The molecule has 2 heterocycles. The SMILES string of the molecule is Cc1ccc2c(c1)C(N1CCN(CCO)CC1)Cc1ccc(F)cc1S2.O=C(O)CCC(=O)O. The molecule has 0 aliphatic carbocycles. The van der Waals surface area contributed by atoms with Gasteiger partial charge in [-0.1, -0.05) is 35.5 Å². The molecule has 1 fully saturated rings. The quantitative estimate of drug-likeness (QED) is 0.566. The molecule has 0 radical (unpaired) electrons. The van der Waals surface area contributed by atoms with Gasteiger partial charge in [0.05, 0.1) is 19.4 Å². The van der Waals surface area contributed by atoms with Gasteiger partial charge in [0.1, 0.15) is 5.82 Å². The molecule has 34 heavy (non-hydrogen) atoms. The lowest BCUT2D eigenvalue weighted by molar-refractivity contribution is -0.143. The normalized spacial score (nSPS) is 18.1. The van der Waals surface area contributed by atoms with Crippen molar-refractivity contribution in [3.8, 4) is 0 Å². The number of carboxylic acid groups (broad SMARTS) is 2. The molecule has 0 saturated carbocycles. The molecule has 2 aliphatic rings. The molecule has 2 aliphatic heterocycles. The molecule has 3 N–H and O–H groups in total. The minimum absolute atomic E-state index is 0.166. The van der Waals surface area contributed by atoms with Crippen LogP contribution in [-0.2, 0) is 16.0 Å². The number of aryl methyl sites for hydroxylation is 1. The number of aliphatic hydroxyl groups excluding tert-OH is 1. The third-order valence-electron chi connectivity index (χ3n) is 6.00. The first-order chi connectivity index (χ1) is 16.3. The van der Waals surface area contributed by atoms with Crippen molar-refractivity contribution >= 4 is 23.7 Å². The van der Waals surface area contributed by atoms with E-state index in [1.807, 2.05) is 6.07 Å². The number of carbonyl (C=O) groups is 2. The molecule has 0 spiro atoms. The molecule has 0 bridgehead atoms. The van der Waals surface area contributed by atoms with E-state index in [1.54, 1.807) is 23.9 Å². The van der Waals surface area contributed by atoms with E-state index in [1.165, 1.54) is 21.6 Å². The summed E-state index contributed by atoms with van der Waals surface area (Å²) in [5, 5.41) is 25.0. The van der Waals surface area contributed by atoms with Gasteiger partial charge in [0.15, 0.2) is 0 Å². The average molecular weight is 491 g/mol. The Labute approximate surface area is 203 Å². The van der Waals surface area contributed by atoms with Crippen molar-refractivity contribution in [3.05, 3.63) is 58.9 Å². The van der Waals surface area contributed by atoms with Gasteiger partial charge < -0.3 is 15.3 Å². The lowest BCUT2D eigenvalue weighted by atomic mass is 9.95. The summed E-state index contributed by atoms with van der Waals surface area (Å²) in [7, 11) is 0. The zero-order chi connectivity index (χ0) is 24.7. The predicted molar refractivity (Wildman–Crippen MR) is 128 cm³/mol. The zero-order valence-corrected chi connectivity index (χ0v) is 20.1. The fourth-order valence-corrected chi connectivity index (χ4v) is 5.37. The fourth-order valence-electron chi connectivity index (χ4n) is 4.23. The smallest absolute Gasteiger partial charge is 0.303 e. The van der Waals surface area contributed by atoms with Crippen LogP contribution in [0.15, 0.2) is 46.2 Å². The molecule has 0 amide bonds. The highest BCUT2D eigenvalue weighted by Crippen LogP contribution is 2.43. The molecule has 7 nitrogen and oxygen atoms in total. The molecule has 184 valence electrons. The highest BCUT2D eigenvalue weighted by Gasteiger charge is 2.30. The number of piperazine rings is 1. The lowest BCUT2D eigenvalue weighted by Crippen LogP contribution is -2.48.